The first-order chi connectivity index (χ1) is 10.1. The minimum absolute atomic E-state index is 0.0541. The maximum Gasteiger partial charge on any atom is 0.275 e. The van der Waals surface area contributed by atoms with Gasteiger partial charge in [-0.15, -0.1) is 0 Å². The van der Waals surface area contributed by atoms with Crippen LogP contribution in [-0.2, 0) is 17.9 Å². The van der Waals surface area contributed by atoms with Crippen LogP contribution in [0.25, 0.3) is 0 Å². The first-order valence-corrected chi connectivity index (χ1v) is 7.37. The lowest BCUT2D eigenvalue weighted by Crippen LogP contribution is -3.08. The van der Waals surface area contributed by atoms with Crippen LogP contribution in [0.4, 0.5) is 0 Å². The van der Waals surface area contributed by atoms with Gasteiger partial charge in [0, 0.05) is 17.1 Å². The molecule has 0 fully saturated rings. The van der Waals surface area contributed by atoms with E-state index in [4.69, 9.17) is 11.6 Å². The molecule has 3 nitrogen and oxygen atoms in total. The molecule has 0 bridgehead atoms. The van der Waals surface area contributed by atoms with Crippen LogP contribution in [0, 0.1) is 0 Å². The summed E-state index contributed by atoms with van der Waals surface area (Å²) in [5, 5.41) is 3.67. The van der Waals surface area contributed by atoms with Gasteiger partial charge >= 0.3 is 0 Å². The summed E-state index contributed by atoms with van der Waals surface area (Å²) >= 11 is 5.96. The molecule has 1 atom stereocenters. The zero-order chi connectivity index (χ0) is 15.1. The quantitative estimate of drug-likeness (QED) is 0.836. The monoisotopic (exact) mass is 303 g/mol. The molecule has 1 unspecified atom stereocenters. The normalized spacial score (nSPS) is 11.9. The highest BCUT2D eigenvalue weighted by Crippen LogP contribution is 2.09. The molecule has 0 aromatic heterocycles. The fourth-order valence-electron chi connectivity index (χ4n) is 2.19. The van der Waals surface area contributed by atoms with Crippen LogP contribution in [0.5, 0.6) is 0 Å². The molecule has 0 aliphatic heterocycles. The largest absolute Gasteiger partial charge is 0.347 e. The van der Waals surface area contributed by atoms with Gasteiger partial charge in [0.15, 0.2) is 6.54 Å². The van der Waals surface area contributed by atoms with Crippen LogP contribution in [0.3, 0.4) is 0 Å². The summed E-state index contributed by atoms with van der Waals surface area (Å²) in [5.41, 5.74) is 2.24. The highest BCUT2D eigenvalue weighted by molar-refractivity contribution is 6.30. The molecule has 1 amide bonds. The van der Waals surface area contributed by atoms with Crippen molar-refractivity contribution in [1.29, 1.82) is 0 Å². The van der Waals surface area contributed by atoms with Gasteiger partial charge in [0.1, 0.15) is 6.54 Å². The second-order valence-corrected chi connectivity index (χ2v) is 5.64. The molecule has 2 aromatic carbocycles. The second kappa shape index (κ2) is 7.81. The van der Waals surface area contributed by atoms with Crippen molar-refractivity contribution < 1.29 is 9.69 Å². The fourth-order valence-corrected chi connectivity index (χ4v) is 2.40. The summed E-state index contributed by atoms with van der Waals surface area (Å²) in [6.45, 7) is 1.79. The Balaban J connectivity index is 1.77. The molecule has 0 spiro atoms. The van der Waals surface area contributed by atoms with Crippen LogP contribution in [0.1, 0.15) is 11.1 Å². The van der Waals surface area contributed by atoms with Gasteiger partial charge in [-0.25, -0.2) is 0 Å². The van der Waals surface area contributed by atoms with Crippen molar-refractivity contribution in [3.63, 3.8) is 0 Å². The number of carbonyl (C=O) groups excluding carboxylic acids is 1. The van der Waals surface area contributed by atoms with Gasteiger partial charge in [0.2, 0.25) is 0 Å². The van der Waals surface area contributed by atoms with Gasteiger partial charge in [0.25, 0.3) is 5.91 Å². The van der Waals surface area contributed by atoms with E-state index in [9.17, 15) is 4.79 Å². The number of rotatable bonds is 6. The molecule has 2 aromatic rings. The fraction of sp³-hybridized carbons (Fsp3) is 0.235. The van der Waals surface area contributed by atoms with E-state index in [-0.39, 0.29) is 5.91 Å². The number of hydrogen-bond donors (Lipinski definition) is 2. The van der Waals surface area contributed by atoms with Gasteiger partial charge in [-0.2, -0.15) is 0 Å². The molecular weight excluding hydrogens is 284 g/mol. The number of hydrogen-bond acceptors (Lipinski definition) is 1. The molecule has 110 valence electrons. The predicted molar refractivity (Wildman–Crippen MR) is 85.2 cm³/mol. The third-order valence-electron chi connectivity index (χ3n) is 3.19. The maximum atomic E-state index is 11.9. The summed E-state index contributed by atoms with van der Waals surface area (Å²) in [6.07, 6.45) is 0. The summed E-state index contributed by atoms with van der Waals surface area (Å²) in [5.74, 6) is 0.0541. The number of quaternary nitrogens is 1. The standard InChI is InChI=1S/C17H19ClN2O/c1-20(12-15-8-5-9-16(18)10-15)13-17(21)19-11-14-6-3-2-4-7-14/h2-10H,11-13H2,1H3,(H,19,21)/p+1. The van der Waals surface area contributed by atoms with E-state index in [1.807, 2.05) is 61.6 Å². The van der Waals surface area contributed by atoms with Crippen molar-refractivity contribution in [2.45, 2.75) is 13.1 Å². The first kappa shape index (κ1) is 15.5. The maximum absolute atomic E-state index is 11.9. The van der Waals surface area contributed by atoms with Gasteiger partial charge in [-0.05, 0) is 17.7 Å². The van der Waals surface area contributed by atoms with E-state index < -0.39 is 0 Å². The Kier molecular flexibility index (Phi) is 5.78. The zero-order valence-electron chi connectivity index (χ0n) is 12.1. The summed E-state index contributed by atoms with van der Waals surface area (Å²) in [4.78, 5) is 13.1. The Bertz CT molecular complexity index is 586. The molecule has 0 heterocycles. The molecule has 2 N–H and O–H groups in total. The molecule has 0 saturated carbocycles. The topological polar surface area (TPSA) is 33.5 Å². The molecule has 0 radical (unpaired) electrons. The van der Waals surface area contributed by atoms with Crippen molar-refractivity contribution in [3.8, 4) is 0 Å². The lowest BCUT2D eigenvalue weighted by molar-refractivity contribution is -0.885. The number of benzene rings is 2. The molecule has 0 saturated heterocycles. The van der Waals surface area contributed by atoms with Crippen molar-refractivity contribution in [2.24, 2.45) is 0 Å². The number of halogens is 1. The van der Waals surface area contributed by atoms with Gasteiger partial charge in [-0.3, -0.25) is 4.79 Å². The Labute approximate surface area is 130 Å². The van der Waals surface area contributed by atoms with E-state index in [1.165, 1.54) is 0 Å². The van der Waals surface area contributed by atoms with Gasteiger partial charge in [-0.1, -0.05) is 54.1 Å². The van der Waals surface area contributed by atoms with Crippen molar-refractivity contribution in [1.82, 2.24) is 5.32 Å². The molecule has 0 aliphatic rings. The third-order valence-corrected chi connectivity index (χ3v) is 3.42. The van der Waals surface area contributed by atoms with E-state index in [0.717, 1.165) is 27.6 Å². The minimum atomic E-state index is 0.0541. The molecule has 0 aliphatic carbocycles. The predicted octanol–water partition coefficient (Wildman–Crippen LogP) is 1.67. The van der Waals surface area contributed by atoms with Crippen molar-refractivity contribution >= 4 is 17.5 Å². The highest BCUT2D eigenvalue weighted by atomic mass is 35.5. The number of carbonyl (C=O) groups is 1. The van der Waals surface area contributed by atoms with E-state index in [0.29, 0.717) is 13.1 Å². The molecule has 21 heavy (non-hydrogen) atoms. The second-order valence-electron chi connectivity index (χ2n) is 5.20. The molecule has 2 rings (SSSR count). The van der Waals surface area contributed by atoms with E-state index >= 15 is 0 Å². The van der Waals surface area contributed by atoms with Crippen LogP contribution >= 0.6 is 11.6 Å². The summed E-state index contributed by atoms with van der Waals surface area (Å²) < 4.78 is 0. The Morgan fingerprint density at radius 2 is 1.81 bits per heavy atom. The van der Waals surface area contributed by atoms with Crippen LogP contribution in [0.15, 0.2) is 54.6 Å². The van der Waals surface area contributed by atoms with Crippen LogP contribution in [-0.4, -0.2) is 19.5 Å². The minimum Gasteiger partial charge on any atom is -0.347 e. The van der Waals surface area contributed by atoms with Crippen molar-refractivity contribution in [3.05, 3.63) is 70.7 Å². The Morgan fingerprint density at radius 3 is 2.52 bits per heavy atom. The Hall–Kier alpha value is -1.84. The third kappa shape index (κ3) is 5.58. The summed E-state index contributed by atoms with van der Waals surface area (Å²) in [6, 6.07) is 17.7. The number of likely N-dealkylation sites (N-methyl/N-ethyl adjacent to an activating group) is 1. The average molecular weight is 304 g/mol. The molecule has 4 heteroatoms. The van der Waals surface area contributed by atoms with Gasteiger partial charge < -0.3 is 10.2 Å². The SMILES string of the molecule is C[NH+](CC(=O)NCc1ccccc1)Cc1cccc(Cl)c1. The van der Waals surface area contributed by atoms with E-state index in [2.05, 4.69) is 5.32 Å². The smallest absolute Gasteiger partial charge is 0.275 e. The van der Waals surface area contributed by atoms with Gasteiger partial charge in [0.05, 0.1) is 7.05 Å². The summed E-state index contributed by atoms with van der Waals surface area (Å²) in [7, 11) is 2.00. The van der Waals surface area contributed by atoms with Crippen molar-refractivity contribution in [2.75, 3.05) is 13.6 Å². The van der Waals surface area contributed by atoms with Crippen LogP contribution in [0.2, 0.25) is 5.02 Å². The first-order valence-electron chi connectivity index (χ1n) is 7.00. The lowest BCUT2D eigenvalue weighted by Gasteiger charge is -2.14. The lowest BCUT2D eigenvalue weighted by atomic mass is 10.2. The molecular formula is C17H20ClN2O+. The number of amides is 1. The Morgan fingerprint density at radius 1 is 1.10 bits per heavy atom. The van der Waals surface area contributed by atoms with Crippen LogP contribution < -0.4 is 10.2 Å². The zero-order valence-corrected chi connectivity index (χ0v) is 12.9. The van der Waals surface area contributed by atoms with E-state index in [1.54, 1.807) is 0 Å². The number of nitrogens with one attached hydrogen (secondary N) is 2. The highest BCUT2D eigenvalue weighted by Gasteiger charge is 2.10. The average Bonchev–Trinajstić information content (AvgIpc) is 2.46.